The molecule has 1 aromatic heterocycles. The number of hydrogen-bond acceptors (Lipinski definition) is 2. The molecule has 0 saturated heterocycles. The minimum Gasteiger partial charge on any atom is -0.358 e. The van der Waals surface area contributed by atoms with E-state index in [0.717, 1.165) is 47.1 Å². The Bertz CT molecular complexity index is 1130. The number of amides is 1. The summed E-state index contributed by atoms with van der Waals surface area (Å²) < 4.78 is 0. The van der Waals surface area contributed by atoms with Gasteiger partial charge < -0.3 is 10.3 Å². The van der Waals surface area contributed by atoms with Gasteiger partial charge in [-0.05, 0) is 54.3 Å². The normalized spacial score (nSPS) is 17.0. The molecule has 0 unspecified atom stereocenters. The molecule has 1 saturated carbocycles. The lowest BCUT2D eigenvalue weighted by Gasteiger charge is -2.17. The van der Waals surface area contributed by atoms with Crippen molar-refractivity contribution in [2.75, 3.05) is 5.32 Å². The van der Waals surface area contributed by atoms with Crippen molar-refractivity contribution in [1.29, 1.82) is 0 Å². The molecule has 1 aliphatic heterocycles. The number of aromatic nitrogens is 1. The van der Waals surface area contributed by atoms with E-state index in [-0.39, 0.29) is 11.3 Å². The highest BCUT2D eigenvalue weighted by atomic mass is 16.2. The van der Waals surface area contributed by atoms with Crippen molar-refractivity contribution in [3.63, 3.8) is 0 Å². The summed E-state index contributed by atoms with van der Waals surface area (Å²) in [7, 11) is 0. The van der Waals surface area contributed by atoms with Gasteiger partial charge in [-0.3, -0.25) is 9.79 Å². The minimum atomic E-state index is -0.406. The van der Waals surface area contributed by atoms with Gasteiger partial charge in [-0.25, -0.2) is 0 Å². The van der Waals surface area contributed by atoms with Crippen molar-refractivity contribution in [3.05, 3.63) is 59.3 Å². The van der Waals surface area contributed by atoms with E-state index >= 15 is 0 Å². The third-order valence-corrected chi connectivity index (χ3v) is 6.05. The van der Waals surface area contributed by atoms with Gasteiger partial charge in [0.15, 0.2) is 0 Å². The van der Waals surface area contributed by atoms with Gasteiger partial charge in [0.05, 0.1) is 11.1 Å². The summed E-state index contributed by atoms with van der Waals surface area (Å²) >= 11 is 0. The molecule has 0 bridgehead atoms. The molecule has 0 atom stereocenters. The Morgan fingerprint density at radius 3 is 2.68 bits per heavy atom. The average Bonchev–Trinajstić information content (AvgIpc) is 3.13. The zero-order valence-corrected chi connectivity index (χ0v) is 16.6. The second-order valence-electron chi connectivity index (χ2n) is 9.13. The van der Waals surface area contributed by atoms with Gasteiger partial charge in [0.25, 0.3) is 0 Å². The molecule has 1 aliphatic carbocycles. The monoisotopic (exact) mass is 371 g/mol. The zero-order valence-electron chi connectivity index (χ0n) is 16.6. The van der Waals surface area contributed by atoms with Gasteiger partial charge in [0.2, 0.25) is 5.91 Å². The first-order valence-electron chi connectivity index (χ1n) is 9.96. The van der Waals surface area contributed by atoms with Crippen LogP contribution in [0.2, 0.25) is 0 Å². The highest BCUT2D eigenvalue weighted by Crippen LogP contribution is 2.50. The standard InChI is InChI=1S/C24H25N3O/c1-23(2,3)21-13-16-12-18(6-7-19(16)27-21)26-22(28)24(9-10-24)17-5-4-15-8-11-25-20(15)14-17/h4-7,11-14,27H,8-10H2,1-3H3,(H,26,28). The van der Waals surface area contributed by atoms with Gasteiger partial charge in [-0.1, -0.05) is 32.9 Å². The van der Waals surface area contributed by atoms with Crippen LogP contribution in [0.15, 0.2) is 47.5 Å². The van der Waals surface area contributed by atoms with Gasteiger partial charge >= 0.3 is 0 Å². The molecule has 2 aliphatic rings. The van der Waals surface area contributed by atoms with Gasteiger partial charge in [-0.2, -0.15) is 0 Å². The predicted octanol–water partition coefficient (Wildman–Crippen LogP) is 5.39. The minimum absolute atomic E-state index is 0.0660. The van der Waals surface area contributed by atoms with Gasteiger partial charge in [0.1, 0.15) is 0 Å². The fraction of sp³-hybridized carbons (Fsp3) is 0.333. The SMILES string of the molecule is CC(C)(C)c1cc2cc(NC(=O)C3(c4ccc5c(c4)N=CC5)CC3)ccc2[nH]1. The quantitative estimate of drug-likeness (QED) is 0.637. The lowest BCUT2D eigenvalue weighted by molar-refractivity contribution is -0.118. The third kappa shape index (κ3) is 2.75. The van der Waals surface area contributed by atoms with Crippen LogP contribution in [-0.2, 0) is 22.0 Å². The van der Waals surface area contributed by atoms with Crippen LogP contribution in [-0.4, -0.2) is 17.1 Å². The fourth-order valence-electron chi connectivity index (χ4n) is 4.03. The molecule has 3 aromatic rings. The van der Waals surface area contributed by atoms with Crippen molar-refractivity contribution in [2.45, 2.75) is 50.9 Å². The second kappa shape index (κ2) is 5.81. The third-order valence-electron chi connectivity index (χ3n) is 6.05. The summed E-state index contributed by atoms with van der Waals surface area (Å²) in [5.74, 6) is 0.0837. The first-order valence-corrected chi connectivity index (χ1v) is 9.96. The number of carbonyl (C=O) groups excluding carboxylic acids is 1. The predicted molar refractivity (Wildman–Crippen MR) is 115 cm³/mol. The summed E-state index contributed by atoms with van der Waals surface area (Å²) in [6.45, 7) is 6.58. The molecule has 0 spiro atoms. The summed E-state index contributed by atoms with van der Waals surface area (Å²) in [6, 6.07) is 14.6. The number of anilines is 1. The van der Waals surface area contributed by atoms with Crippen LogP contribution >= 0.6 is 0 Å². The molecule has 4 nitrogen and oxygen atoms in total. The van der Waals surface area contributed by atoms with Gasteiger partial charge in [0, 0.05) is 40.3 Å². The number of nitrogens with one attached hydrogen (secondary N) is 2. The van der Waals surface area contributed by atoms with Crippen molar-refractivity contribution < 1.29 is 4.79 Å². The number of hydrogen-bond donors (Lipinski definition) is 2. The number of carbonyl (C=O) groups is 1. The molecule has 1 fully saturated rings. The zero-order chi connectivity index (χ0) is 19.5. The van der Waals surface area contributed by atoms with Crippen molar-refractivity contribution in [1.82, 2.24) is 4.98 Å². The smallest absolute Gasteiger partial charge is 0.235 e. The first kappa shape index (κ1) is 17.2. The fourth-order valence-corrected chi connectivity index (χ4v) is 4.03. The van der Waals surface area contributed by atoms with Crippen LogP contribution in [0.5, 0.6) is 0 Å². The summed E-state index contributed by atoms with van der Waals surface area (Å²) in [4.78, 5) is 21.1. The van der Waals surface area contributed by atoms with E-state index in [0.29, 0.717) is 0 Å². The highest BCUT2D eigenvalue weighted by molar-refractivity contribution is 6.02. The molecule has 2 aromatic carbocycles. The van der Waals surface area contributed by atoms with Gasteiger partial charge in [-0.15, -0.1) is 0 Å². The van der Waals surface area contributed by atoms with E-state index in [9.17, 15) is 4.79 Å². The number of H-pyrrole nitrogens is 1. The Labute approximate surface area is 165 Å². The summed E-state index contributed by atoms with van der Waals surface area (Å²) in [5.41, 5.74) is 6.15. The maximum atomic E-state index is 13.1. The second-order valence-corrected chi connectivity index (χ2v) is 9.13. The molecule has 28 heavy (non-hydrogen) atoms. The summed E-state index contributed by atoms with van der Waals surface area (Å²) in [5, 5.41) is 4.28. The average molecular weight is 371 g/mol. The van der Waals surface area contributed by atoms with Crippen molar-refractivity contribution in [2.24, 2.45) is 4.99 Å². The number of benzene rings is 2. The van der Waals surface area contributed by atoms with E-state index < -0.39 is 5.41 Å². The lowest BCUT2D eigenvalue weighted by atomic mass is 9.92. The number of aromatic amines is 1. The van der Waals surface area contributed by atoms with Crippen LogP contribution < -0.4 is 5.32 Å². The van der Waals surface area contributed by atoms with Crippen LogP contribution in [0, 0.1) is 0 Å². The maximum absolute atomic E-state index is 13.1. The van der Waals surface area contributed by atoms with E-state index in [1.807, 2.05) is 18.3 Å². The first-order chi connectivity index (χ1) is 13.3. The lowest BCUT2D eigenvalue weighted by Crippen LogP contribution is -2.27. The molecule has 1 amide bonds. The van der Waals surface area contributed by atoms with Crippen LogP contribution in [0.1, 0.15) is 50.4 Å². The maximum Gasteiger partial charge on any atom is 0.235 e. The molecule has 2 N–H and O–H groups in total. The number of aliphatic imine (C=N–C) groups is 1. The van der Waals surface area contributed by atoms with E-state index in [1.165, 1.54) is 11.3 Å². The molecular formula is C24H25N3O. The largest absolute Gasteiger partial charge is 0.358 e. The Morgan fingerprint density at radius 2 is 1.93 bits per heavy atom. The molecule has 142 valence electrons. The Balaban J connectivity index is 1.41. The van der Waals surface area contributed by atoms with Crippen LogP contribution in [0.25, 0.3) is 10.9 Å². The Morgan fingerprint density at radius 1 is 1.11 bits per heavy atom. The number of fused-ring (bicyclic) bond motifs is 2. The Hall–Kier alpha value is -2.88. The van der Waals surface area contributed by atoms with E-state index in [1.54, 1.807) is 0 Å². The molecule has 0 radical (unpaired) electrons. The summed E-state index contributed by atoms with van der Waals surface area (Å²) in [6.07, 6.45) is 4.61. The number of rotatable bonds is 3. The van der Waals surface area contributed by atoms with Crippen LogP contribution in [0.4, 0.5) is 11.4 Å². The topological polar surface area (TPSA) is 57.2 Å². The Kier molecular flexibility index (Phi) is 3.57. The van der Waals surface area contributed by atoms with Crippen LogP contribution in [0.3, 0.4) is 0 Å². The number of nitrogens with zero attached hydrogens (tertiary/aromatic N) is 1. The van der Waals surface area contributed by atoms with Crippen molar-refractivity contribution >= 4 is 34.4 Å². The molecule has 5 rings (SSSR count). The van der Waals surface area contributed by atoms with Crippen molar-refractivity contribution in [3.8, 4) is 0 Å². The van der Waals surface area contributed by atoms with E-state index in [4.69, 9.17) is 0 Å². The highest BCUT2D eigenvalue weighted by Gasteiger charge is 2.51. The molecular weight excluding hydrogens is 346 g/mol. The molecule has 4 heteroatoms. The molecule has 2 heterocycles. The van der Waals surface area contributed by atoms with E-state index in [2.05, 4.69) is 66.4 Å².